The van der Waals surface area contributed by atoms with Gasteiger partial charge in [-0.2, -0.15) is 26.3 Å². The van der Waals surface area contributed by atoms with Crippen molar-refractivity contribution in [3.05, 3.63) is 71.2 Å². The molecule has 0 fully saturated rings. The molecule has 1 atom stereocenters. The molecule has 162 valence electrons. The number of hydrogen-bond donors (Lipinski definition) is 1. The van der Waals surface area contributed by atoms with Crippen molar-refractivity contribution in [2.45, 2.75) is 37.8 Å². The van der Waals surface area contributed by atoms with Gasteiger partial charge in [-0.25, -0.2) is 0 Å². The lowest BCUT2D eigenvalue weighted by molar-refractivity contribution is -0.143. The number of halogens is 6. The average molecular weight is 431 g/mol. The third-order valence-electron chi connectivity index (χ3n) is 4.60. The Balaban J connectivity index is 1.56. The Morgan fingerprint density at radius 1 is 0.933 bits per heavy atom. The number of benzene rings is 2. The lowest BCUT2D eigenvalue weighted by Gasteiger charge is -2.14. The topological polar surface area (TPSA) is 48.4 Å². The number of rotatable bonds is 7. The van der Waals surface area contributed by atoms with E-state index in [-0.39, 0.29) is 24.8 Å². The van der Waals surface area contributed by atoms with Crippen LogP contribution >= 0.6 is 0 Å². The molecule has 0 amide bonds. The Kier molecular flexibility index (Phi) is 6.42. The molecule has 0 saturated heterocycles. The van der Waals surface area contributed by atoms with E-state index in [4.69, 9.17) is 14.9 Å². The number of nitrogens with two attached hydrogens (primary N) is 1. The van der Waals surface area contributed by atoms with Crippen LogP contribution in [0.3, 0.4) is 0 Å². The van der Waals surface area contributed by atoms with Crippen LogP contribution in [0.4, 0.5) is 26.3 Å². The first kappa shape index (κ1) is 22.2. The van der Waals surface area contributed by atoms with Crippen LogP contribution in [0, 0.1) is 0 Å². The van der Waals surface area contributed by atoms with Crippen LogP contribution in [-0.2, 0) is 23.7 Å². The highest BCUT2D eigenvalue weighted by molar-refractivity contribution is 5.84. The molecule has 1 unspecified atom stereocenters. The number of alkyl halides is 6. The van der Waals surface area contributed by atoms with E-state index in [1.54, 1.807) is 6.26 Å². The summed E-state index contributed by atoms with van der Waals surface area (Å²) in [6, 6.07) is 8.53. The van der Waals surface area contributed by atoms with E-state index in [1.807, 2.05) is 24.3 Å². The summed E-state index contributed by atoms with van der Waals surface area (Å²) in [4.78, 5) is 0. The van der Waals surface area contributed by atoms with Gasteiger partial charge >= 0.3 is 12.4 Å². The van der Waals surface area contributed by atoms with E-state index in [2.05, 4.69) is 0 Å². The van der Waals surface area contributed by atoms with Crippen molar-refractivity contribution in [1.29, 1.82) is 0 Å². The fourth-order valence-electron chi connectivity index (χ4n) is 3.13. The van der Waals surface area contributed by atoms with Crippen molar-refractivity contribution >= 4 is 10.8 Å². The molecular weight excluding hydrogens is 412 g/mol. The first-order valence-electron chi connectivity index (χ1n) is 9.13. The Morgan fingerprint density at radius 3 is 2.20 bits per heavy atom. The van der Waals surface area contributed by atoms with E-state index in [0.29, 0.717) is 30.7 Å². The van der Waals surface area contributed by atoms with Crippen molar-refractivity contribution in [2.75, 3.05) is 6.61 Å². The Labute approximate surface area is 168 Å². The lowest BCUT2D eigenvalue weighted by Crippen LogP contribution is -2.12. The summed E-state index contributed by atoms with van der Waals surface area (Å²) in [5, 5.41) is 1.82. The Morgan fingerprint density at radius 2 is 1.57 bits per heavy atom. The largest absolute Gasteiger partial charge is 0.466 e. The van der Waals surface area contributed by atoms with E-state index in [9.17, 15) is 26.3 Å². The van der Waals surface area contributed by atoms with Crippen LogP contribution in [0.5, 0.6) is 0 Å². The normalized spacial score (nSPS) is 13.7. The maximum atomic E-state index is 12.9. The van der Waals surface area contributed by atoms with Gasteiger partial charge < -0.3 is 14.9 Å². The highest BCUT2D eigenvalue weighted by Gasteiger charge is 2.36. The van der Waals surface area contributed by atoms with Crippen molar-refractivity contribution in [3.63, 3.8) is 0 Å². The second-order valence-corrected chi connectivity index (χ2v) is 6.90. The first-order valence-corrected chi connectivity index (χ1v) is 9.13. The quantitative estimate of drug-likeness (QED) is 0.345. The van der Waals surface area contributed by atoms with Crippen LogP contribution < -0.4 is 5.73 Å². The minimum absolute atomic E-state index is 0.0935. The van der Waals surface area contributed by atoms with Gasteiger partial charge in [0.15, 0.2) is 0 Å². The van der Waals surface area contributed by atoms with Crippen LogP contribution in [0.15, 0.2) is 53.1 Å². The van der Waals surface area contributed by atoms with Crippen molar-refractivity contribution in [3.8, 4) is 0 Å². The highest BCUT2D eigenvalue weighted by Crippen LogP contribution is 2.36. The summed E-state index contributed by atoms with van der Waals surface area (Å²) in [6.45, 7) is -0.240. The van der Waals surface area contributed by atoms with E-state index in [0.717, 1.165) is 10.8 Å². The standard InChI is InChI=1S/C21H19F6NO2/c22-20(23,24)15-8-13(9-16(10-15)21(25,26)27)11-29-7-3-6-18(28)19-17-5-2-1-4-14(17)12-30-19/h1-2,4-5,8-10,12,18H,3,6-7,11,28H2. The molecule has 0 radical (unpaired) electrons. The van der Waals surface area contributed by atoms with E-state index in [1.165, 1.54) is 0 Å². The molecule has 2 N–H and O–H groups in total. The van der Waals surface area contributed by atoms with Crippen LogP contribution in [-0.4, -0.2) is 6.61 Å². The third-order valence-corrected chi connectivity index (χ3v) is 4.60. The van der Waals surface area contributed by atoms with Crippen LogP contribution in [0.2, 0.25) is 0 Å². The zero-order valence-corrected chi connectivity index (χ0v) is 15.7. The zero-order valence-electron chi connectivity index (χ0n) is 15.7. The maximum Gasteiger partial charge on any atom is 0.416 e. The number of ether oxygens (including phenoxy) is 1. The minimum Gasteiger partial charge on any atom is -0.466 e. The molecule has 0 aliphatic carbocycles. The van der Waals surface area contributed by atoms with Gasteiger partial charge in [0, 0.05) is 17.4 Å². The summed E-state index contributed by atoms with van der Waals surface area (Å²) in [7, 11) is 0. The van der Waals surface area contributed by atoms with Crippen molar-refractivity contribution < 1.29 is 35.5 Å². The smallest absolute Gasteiger partial charge is 0.416 e. The molecule has 0 aliphatic rings. The third kappa shape index (κ3) is 5.34. The van der Waals surface area contributed by atoms with Crippen LogP contribution in [0.1, 0.15) is 41.3 Å². The molecule has 30 heavy (non-hydrogen) atoms. The molecule has 1 heterocycles. The van der Waals surface area contributed by atoms with Gasteiger partial charge in [0.1, 0.15) is 5.76 Å². The van der Waals surface area contributed by atoms with Gasteiger partial charge in [0.05, 0.1) is 30.0 Å². The van der Waals surface area contributed by atoms with Crippen LogP contribution in [0.25, 0.3) is 10.8 Å². The van der Waals surface area contributed by atoms with Gasteiger partial charge in [-0.15, -0.1) is 0 Å². The van der Waals surface area contributed by atoms with Gasteiger partial charge in [-0.1, -0.05) is 24.3 Å². The molecule has 1 aromatic heterocycles. The number of furan rings is 1. The van der Waals surface area contributed by atoms with Gasteiger partial charge in [-0.3, -0.25) is 0 Å². The second-order valence-electron chi connectivity index (χ2n) is 6.90. The molecule has 9 heteroatoms. The summed E-state index contributed by atoms with van der Waals surface area (Å²) in [6.07, 6.45) is -7.22. The molecule has 2 aromatic carbocycles. The van der Waals surface area contributed by atoms with Gasteiger partial charge in [0.2, 0.25) is 0 Å². The monoisotopic (exact) mass is 431 g/mol. The summed E-state index contributed by atoms with van der Waals surface area (Å²) >= 11 is 0. The molecule has 0 spiro atoms. The minimum atomic E-state index is -4.88. The summed E-state index contributed by atoms with van der Waals surface area (Å²) < 4.78 is 88.1. The average Bonchev–Trinajstić information content (AvgIpc) is 3.10. The predicted molar refractivity (Wildman–Crippen MR) is 98.5 cm³/mol. The summed E-state index contributed by atoms with van der Waals surface area (Å²) in [5.41, 5.74) is 3.22. The lowest BCUT2D eigenvalue weighted by atomic mass is 10.0. The van der Waals surface area contributed by atoms with Crippen molar-refractivity contribution in [2.24, 2.45) is 5.73 Å². The van der Waals surface area contributed by atoms with Crippen molar-refractivity contribution in [1.82, 2.24) is 0 Å². The van der Waals surface area contributed by atoms with E-state index >= 15 is 0 Å². The summed E-state index contributed by atoms with van der Waals surface area (Å²) in [5.74, 6) is 0.623. The number of fused-ring (bicyclic) bond motifs is 1. The Bertz CT molecular complexity index is 961. The Hall–Kier alpha value is -2.52. The van der Waals surface area contributed by atoms with Gasteiger partial charge in [0.25, 0.3) is 0 Å². The zero-order chi connectivity index (χ0) is 21.9. The number of hydrogen-bond acceptors (Lipinski definition) is 3. The second kappa shape index (κ2) is 8.69. The first-order chi connectivity index (χ1) is 14.1. The van der Waals surface area contributed by atoms with Gasteiger partial charge in [-0.05, 0) is 36.6 Å². The molecule has 3 rings (SSSR count). The maximum absolute atomic E-state index is 12.9. The molecule has 0 saturated carbocycles. The van der Waals surface area contributed by atoms with E-state index < -0.39 is 29.5 Å². The predicted octanol–water partition coefficient (Wildman–Crippen LogP) is 6.47. The highest BCUT2D eigenvalue weighted by atomic mass is 19.4. The molecule has 0 aliphatic heterocycles. The fourth-order valence-corrected chi connectivity index (χ4v) is 3.13. The fraction of sp³-hybridized carbons (Fsp3) is 0.333. The molecule has 3 aromatic rings. The SMILES string of the molecule is NC(CCCOCc1cc(C(F)(F)F)cc(C(F)(F)F)c1)c1occ2ccccc12. The molecular formula is C21H19F6NO2. The molecule has 3 nitrogen and oxygen atoms in total. The molecule has 0 bridgehead atoms.